The highest BCUT2D eigenvalue weighted by molar-refractivity contribution is 7.92. The molecule has 0 bridgehead atoms. The summed E-state index contributed by atoms with van der Waals surface area (Å²) in [6, 6.07) is 11.5. The number of hydrogen-bond acceptors (Lipinski definition) is 7. The van der Waals surface area contributed by atoms with E-state index in [-0.39, 0.29) is 10.6 Å². The summed E-state index contributed by atoms with van der Waals surface area (Å²) in [5.74, 6) is 1.32. The summed E-state index contributed by atoms with van der Waals surface area (Å²) in [7, 11) is -2.54. The Hall–Kier alpha value is -2.50. The molecule has 11 heteroatoms. The average Bonchev–Trinajstić information content (AvgIpc) is 2.86. The second-order valence-electron chi connectivity index (χ2n) is 8.06. The molecule has 188 valence electrons. The van der Waals surface area contributed by atoms with Crippen molar-refractivity contribution in [3.63, 3.8) is 0 Å². The van der Waals surface area contributed by atoms with Gasteiger partial charge < -0.3 is 14.4 Å². The van der Waals surface area contributed by atoms with Gasteiger partial charge in [0, 0.05) is 33.2 Å². The largest absolute Gasteiger partial charge is 0.497 e. The van der Waals surface area contributed by atoms with Crippen LogP contribution in [0, 0.1) is 0 Å². The molecule has 0 unspecified atom stereocenters. The predicted octanol–water partition coefficient (Wildman–Crippen LogP) is 2.78. The molecule has 34 heavy (non-hydrogen) atoms. The van der Waals surface area contributed by atoms with Crippen molar-refractivity contribution < 1.29 is 26.3 Å². The van der Waals surface area contributed by atoms with E-state index in [0.29, 0.717) is 55.5 Å². The summed E-state index contributed by atoms with van der Waals surface area (Å²) >= 11 is 0. The lowest BCUT2D eigenvalue weighted by molar-refractivity contribution is 0.377. The topological polar surface area (TPSA) is 96.5 Å². The second kappa shape index (κ2) is 10.8. The maximum Gasteiger partial charge on any atom is 0.264 e. The van der Waals surface area contributed by atoms with Crippen LogP contribution in [0.1, 0.15) is 19.8 Å². The van der Waals surface area contributed by atoms with Crippen molar-refractivity contribution in [2.45, 2.75) is 24.7 Å². The average molecular weight is 512 g/mol. The molecule has 1 aliphatic rings. The molecular weight excluding hydrogens is 478 g/mol. The quantitative estimate of drug-likeness (QED) is 0.484. The summed E-state index contributed by atoms with van der Waals surface area (Å²) in [4.78, 5) is 2.09. The summed E-state index contributed by atoms with van der Waals surface area (Å²) < 4.78 is 65.2. The Morgan fingerprint density at radius 3 is 2.12 bits per heavy atom. The third kappa shape index (κ3) is 5.59. The van der Waals surface area contributed by atoms with Gasteiger partial charge in [-0.1, -0.05) is 13.3 Å². The lowest BCUT2D eigenvalue weighted by atomic mass is 10.2. The zero-order chi connectivity index (χ0) is 24.9. The molecule has 9 nitrogen and oxygen atoms in total. The van der Waals surface area contributed by atoms with E-state index in [0.717, 1.165) is 6.42 Å². The zero-order valence-corrected chi connectivity index (χ0v) is 21.7. The van der Waals surface area contributed by atoms with E-state index in [1.807, 2.05) is 11.8 Å². The van der Waals surface area contributed by atoms with Crippen LogP contribution in [0.4, 0.5) is 11.4 Å². The maximum atomic E-state index is 13.4. The van der Waals surface area contributed by atoms with E-state index in [1.165, 1.54) is 28.8 Å². The predicted molar refractivity (Wildman–Crippen MR) is 134 cm³/mol. The number of methoxy groups -OCH3 is 2. The fraction of sp³-hybridized carbons (Fsp3) is 0.478. The number of nitrogens with zero attached hydrogens (tertiary/aromatic N) is 3. The highest BCUT2D eigenvalue weighted by atomic mass is 32.2. The molecule has 0 aromatic heterocycles. The molecule has 2 aromatic carbocycles. The molecule has 0 atom stereocenters. The SMILES string of the molecule is CCCCS(=O)(=O)N1CCN(c2cc(S(=O)(=O)N(C)c3ccc(OC)cc3)ccc2OC)CC1. The van der Waals surface area contributed by atoms with Gasteiger partial charge in [-0.3, -0.25) is 4.31 Å². The van der Waals surface area contributed by atoms with Crippen molar-refractivity contribution in [2.24, 2.45) is 0 Å². The van der Waals surface area contributed by atoms with Gasteiger partial charge in [0.25, 0.3) is 10.0 Å². The number of sulfonamides is 2. The normalized spacial score (nSPS) is 15.2. The van der Waals surface area contributed by atoms with Gasteiger partial charge in [-0.2, -0.15) is 4.31 Å². The zero-order valence-electron chi connectivity index (χ0n) is 20.1. The van der Waals surface area contributed by atoms with Crippen LogP contribution in [-0.4, -0.2) is 74.3 Å². The number of unbranched alkanes of at least 4 members (excludes halogenated alkanes) is 1. The fourth-order valence-corrected chi connectivity index (χ4v) is 6.68. The molecule has 0 radical (unpaired) electrons. The molecular formula is C23H33N3O6S2. The minimum atomic E-state index is -3.84. The van der Waals surface area contributed by atoms with Gasteiger partial charge in [0.05, 0.1) is 36.2 Å². The van der Waals surface area contributed by atoms with Crippen molar-refractivity contribution >= 4 is 31.4 Å². The Kier molecular flexibility index (Phi) is 8.32. The van der Waals surface area contributed by atoms with Crippen LogP contribution in [0.3, 0.4) is 0 Å². The highest BCUT2D eigenvalue weighted by Crippen LogP contribution is 2.34. The first-order valence-corrected chi connectivity index (χ1v) is 14.2. The lowest BCUT2D eigenvalue weighted by Crippen LogP contribution is -2.49. The van der Waals surface area contributed by atoms with E-state index in [2.05, 4.69) is 0 Å². The van der Waals surface area contributed by atoms with Crippen LogP contribution in [0.2, 0.25) is 0 Å². The monoisotopic (exact) mass is 511 g/mol. The molecule has 0 N–H and O–H groups in total. The number of ether oxygens (including phenoxy) is 2. The Balaban J connectivity index is 1.83. The second-order valence-corrected chi connectivity index (χ2v) is 12.1. The van der Waals surface area contributed by atoms with E-state index < -0.39 is 20.0 Å². The smallest absolute Gasteiger partial charge is 0.264 e. The summed E-state index contributed by atoms with van der Waals surface area (Å²) in [6.45, 7) is 3.54. The minimum absolute atomic E-state index is 0.125. The first kappa shape index (κ1) is 26.1. The van der Waals surface area contributed by atoms with Crippen LogP contribution in [0.5, 0.6) is 11.5 Å². The van der Waals surface area contributed by atoms with Crippen molar-refractivity contribution in [3.05, 3.63) is 42.5 Å². The number of rotatable bonds is 10. The molecule has 0 spiro atoms. The summed E-state index contributed by atoms with van der Waals surface area (Å²) in [5.41, 5.74) is 1.13. The van der Waals surface area contributed by atoms with E-state index in [1.54, 1.807) is 43.5 Å². The molecule has 1 saturated heterocycles. The van der Waals surface area contributed by atoms with Crippen molar-refractivity contribution in [3.8, 4) is 11.5 Å². The molecule has 1 fully saturated rings. The lowest BCUT2D eigenvalue weighted by Gasteiger charge is -2.36. The summed E-state index contributed by atoms with van der Waals surface area (Å²) in [6.07, 6.45) is 1.46. The van der Waals surface area contributed by atoms with Crippen LogP contribution in [0.15, 0.2) is 47.4 Å². The molecule has 0 amide bonds. The highest BCUT2D eigenvalue weighted by Gasteiger charge is 2.29. The first-order valence-electron chi connectivity index (χ1n) is 11.2. The van der Waals surface area contributed by atoms with Crippen molar-refractivity contribution in [1.82, 2.24) is 4.31 Å². The van der Waals surface area contributed by atoms with Crippen LogP contribution >= 0.6 is 0 Å². The Labute approximate surface area is 203 Å². The van der Waals surface area contributed by atoms with Gasteiger partial charge in [-0.15, -0.1) is 0 Å². The van der Waals surface area contributed by atoms with Crippen LogP contribution < -0.4 is 18.7 Å². The van der Waals surface area contributed by atoms with E-state index in [4.69, 9.17) is 9.47 Å². The van der Waals surface area contributed by atoms with Gasteiger partial charge in [-0.25, -0.2) is 16.8 Å². The van der Waals surface area contributed by atoms with E-state index in [9.17, 15) is 16.8 Å². The molecule has 2 aromatic rings. The number of piperazine rings is 1. The number of hydrogen-bond donors (Lipinski definition) is 0. The van der Waals surface area contributed by atoms with Crippen LogP contribution in [0.25, 0.3) is 0 Å². The first-order chi connectivity index (χ1) is 16.1. The Morgan fingerprint density at radius 2 is 1.56 bits per heavy atom. The molecule has 1 heterocycles. The number of anilines is 2. The van der Waals surface area contributed by atoms with Crippen molar-refractivity contribution in [1.29, 1.82) is 0 Å². The van der Waals surface area contributed by atoms with Gasteiger partial charge >= 0.3 is 0 Å². The number of benzene rings is 2. The summed E-state index contributed by atoms with van der Waals surface area (Å²) in [5, 5.41) is 0. The molecule has 3 rings (SSSR count). The minimum Gasteiger partial charge on any atom is -0.497 e. The van der Waals surface area contributed by atoms with Gasteiger partial charge in [-0.05, 0) is 48.9 Å². The maximum absolute atomic E-state index is 13.4. The van der Waals surface area contributed by atoms with Gasteiger partial charge in [0.1, 0.15) is 11.5 Å². The fourth-order valence-electron chi connectivity index (χ4n) is 3.83. The Morgan fingerprint density at radius 1 is 0.912 bits per heavy atom. The van der Waals surface area contributed by atoms with Gasteiger partial charge in [0.15, 0.2) is 0 Å². The molecule has 1 aliphatic heterocycles. The van der Waals surface area contributed by atoms with Crippen molar-refractivity contribution in [2.75, 3.05) is 62.4 Å². The molecule has 0 aliphatic carbocycles. The Bertz CT molecular complexity index is 1180. The molecule has 0 saturated carbocycles. The third-order valence-corrected chi connectivity index (χ3v) is 9.71. The van der Waals surface area contributed by atoms with Crippen LogP contribution in [-0.2, 0) is 20.0 Å². The third-order valence-electron chi connectivity index (χ3n) is 5.97. The standard InChI is InChI=1S/C23H33N3O6S2/c1-5-6-17-33(27,28)26-15-13-25(14-16-26)22-18-21(11-12-23(22)32-4)34(29,30)24(2)19-7-9-20(31-3)10-8-19/h7-12,18H,5-6,13-17H2,1-4H3. The van der Waals surface area contributed by atoms with Gasteiger partial charge in [0.2, 0.25) is 10.0 Å². The van der Waals surface area contributed by atoms with E-state index >= 15 is 0 Å².